The van der Waals surface area contributed by atoms with Crippen LogP contribution in [0.2, 0.25) is 0 Å². The second-order valence-corrected chi connectivity index (χ2v) is 11.2. The van der Waals surface area contributed by atoms with Gasteiger partial charge in [-0.25, -0.2) is 9.59 Å². The minimum absolute atomic E-state index is 0.0135. The first-order valence-electron chi connectivity index (χ1n) is 13.1. The average molecular weight is 528 g/mol. The third kappa shape index (κ3) is 4.13. The Balaban J connectivity index is 1.54. The van der Waals surface area contributed by atoms with Crippen LogP contribution >= 0.6 is 0 Å². The Morgan fingerprint density at radius 1 is 1.08 bits per heavy atom. The van der Waals surface area contributed by atoms with E-state index in [1.165, 1.54) is 29.9 Å². The molecule has 0 aromatic carbocycles. The number of epoxide rings is 1. The number of azide groups is 1. The quantitative estimate of drug-likeness (QED) is 0.0956. The molecule has 38 heavy (non-hydrogen) atoms. The smallest absolute Gasteiger partial charge is 0.331 e. The molecule has 8 atom stereocenters. The molecule has 0 N–H and O–H groups in total. The Bertz CT molecular complexity index is 1150. The van der Waals surface area contributed by atoms with Crippen LogP contribution in [0.1, 0.15) is 46.5 Å². The van der Waals surface area contributed by atoms with Crippen LogP contribution in [-0.2, 0) is 38.1 Å². The number of cyclic esters (lactones) is 2. The van der Waals surface area contributed by atoms with Crippen molar-refractivity contribution in [2.75, 3.05) is 19.8 Å². The zero-order chi connectivity index (χ0) is 27.1. The molecule has 0 radical (unpaired) electrons. The number of rotatable bonds is 1. The van der Waals surface area contributed by atoms with Crippen LogP contribution in [0.15, 0.2) is 41.1 Å². The monoisotopic (exact) mass is 527 g/mol. The van der Waals surface area contributed by atoms with E-state index in [-0.39, 0.29) is 31.8 Å². The van der Waals surface area contributed by atoms with E-state index in [2.05, 4.69) is 23.0 Å². The summed E-state index contributed by atoms with van der Waals surface area (Å²) in [7, 11) is 0. The van der Waals surface area contributed by atoms with Crippen LogP contribution in [-0.4, -0.2) is 67.7 Å². The third-order valence-corrected chi connectivity index (χ3v) is 9.30. The molecule has 0 unspecified atom stereocenters. The van der Waals surface area contributed by atoms with Gasteiger partial charge < -0.3 is 23.7 Å². The SMILES string of the molecule is CC1=C[C@H]2O[C@@H]3C[C@H]4OC(=O)/C=C\C=C\C(=O)OCC[C@@H](C)[C@@H](N=[N+]=[N-])C(=O)OC[C@@]2(CC1)[C@]4(C)[C@]31CO1. The standard InChI is InChI=1S/C27H33N3O8/c1-16-8-10-26-14-35-24(33)23(29-30-28)17(2)9-11-34-21(31)6-4-5-7-22(32)38-18-13-20(37-19(26)12-16)27(15-36-27)25(18,26)3/h4-7,12,17-20,23H,8-11,13-15H2,1-3H3/b6-4+,7-5-/t17-,18-,19-,20-,23-,25-,26-,27+/m1/s1. The summed E-state index contributed by atoms with van der Waals surface area (Å²) in [5.74, 6) is -2.25. The summed E-state index contributed by atoms with van der Waals surface area (Å²) in [6.07, 6.45) is 8.35. The highest BCUT2D eigenvalue weighted by molar-refractivity contribution is 5.84. The molecule has 2 saturated heterocycles. The van der Waals surface area contributed by atoms with Crippen LogP contribution in [0.3, 0.4) is 0 Å². The van der Waals surface area contributed by atoms with Crippen LogP contribution in [0.5, 0.6) is 0 Å². The molecule has 3 aliphatic heterocycles. The lowest BCUT2D eigenvalue weighted by atomic mass is 9.51. The van der Waals surface area contributed by atoms with Crippen LogP contribution in [0, 0.1) is 16.7 Å². The van der Waals surface area contributed by atoms with Crippen molar-refractivity contribution in [1.29, 1.82) is 0 Å². The van der Waals surface area contributed by atoms with Gasteiger partial charge in [0.05, 0.1) is 30.8 Å². The second-order valence-electron chi connectivity index (χ2n) is 11.2. The first-order valence-corrected chi connectivity index (χ1v) is 13.1. The van der Waals surface area contributed by atoms with E-state index in [0.29, 0.717) is 19.4 Å². The number of esters is 3. The Morgan fingerprint density at radius 2 is 1.82 bits per heavy atom. The Labute approximate surface area is 220 Å². The van der Waals surface area contributed by atoms with Gasteiger partial charge in [-0.1, -0.05) is 42.8 Å². The molecule has 3 fully saturated rings. The fourth-order valence-electron chi connectivity index (χ4n) is 6.87. The highest BCUT2D eigenvalue weighted by Crippen LogP contribution is 2.72. The Kier molecular flexibility index (Phi) is 6.87. The van der Waals surface area contributed by atoms with E-state index in [1.807, 2.05) is 6.92 Å². The Morgan fingerprint density at radius 3 is 2.53 bits per heavy atom. The molecule has 11 nitrogen and oxygen atoms in total. The molecule has 204 valence electrons. The molecule has 2 bridgehead atoms. The molecule has 5 aliphatic rings. The fourth-order valence-corrected chi connectivity index (χ4v) is 6.87. The molecule has 1 saturated carbocycles. The van der Waals surface area contributed by atoms with Gasteiger partial charge in [0.25, 0.3) is 0 Å². The van der Waals surface area contributed by atoms with Crippen molar-refractivity contribution in [2.24, 2.45) is 21.9 Å². The molecule has 3 heterocycles. The lowest BCUT2D eigenvalue weighted by Crippen LogP contribution is -2.66. The zero-order valence-corrected chi connectivity index (χ0v) is 21.8. The summed E-state index contributed by atoms with van der Waals surface area (Å²) in [5.41, 5.74) is 8.23. The second kappa shape index (κ2) is 9.87. The number of ether oxygens (including phenoxy) is 5. The van der Waals surface area contributed by atoms with Gasteiger partial charge in [0.15, 0.2) is 0 Å². The highest BCUT2D eigenvalue weighted by atomic mass is 16.6. The summed E-state index contributed by atoms with van der Waals surface area (Å²) < 4.78 is 29.8. The molecule has 0 amide bonds. The summed E-state index contributed by atoms with van der Waals surface area (Å²) in [6.45, 7) is 6.32. The van der Waals surface area contributed by atoms with Gasteiger partial charge >= 0.3 is 17.9 Å². The van der Waals surface area contributed by atoms with E-state index in [9.17, 15) is 14.4 Å². The molecule has 5 rings (SSSR count). The molecule has 11 heteroatoms. The molecule has 2 aliphatic carbocycles. The van der Waals surface area contributed by atoms with Crippen molar-refractivity contribution >= 4 is 17.9 Å². The molecular formula is C27H33N3O8. The zero-order valence-electron chi connectivity index (χ0n) is 21.8. The third-order valence-electron chi connectivity index (χ3n) is 9.30. The summed E-state index contributed by atoms with van der Waals surface area (Å²) in [5, 5.41) is 3.71. The summed E-state index contributed by atoms with van der Waals surface area (Å²) >= 11 is 0. The average Bonchev–Trinajstić information content (AvgIpc) is 3.66. The van der Waals surface area contributed by atoms with Crippen molar-refractivity contribution in [3.05, 3.63) is 46.4 Å². The van der Waals surface area contributed by atoms with Crippen LogP contribution in [0.4, 0.5) is 0 Å². The molecule has 0 aromatic heterocycles. The van der Waals surface area contributed by atoms with E-state index in [0.717, 1.165) is 6.42 Å². The number of hydrogen-bond acceptors (Lipinski definition) is 9. The lowest BCUT2D eigenvalue weighted by molar-refractivity contribution is -0.233. The van der Waals surface area contributed by atoms with E-state index in [4.69, 9.17) is 29.2 Å². The molecular weight excluding hydrogens is 494 g/mol. The van der Waals surface area contributed by atoms with E-state index < -0.39 is 52.4 Å². The van der Waals surface area contributed by atoms with Crippen molar-refractivity contribution in [2.45, 2.75) is 76.4 Å². The van der Waals surface area contributed by atoms with Crippen molar-refractivity contribution in [3.8, 4) is 0 Å². The van der Waals surface area contributed by atoms with Crippen molar-refractivity contribution < 1.29 is 38.1 Å². The first-order chi connectivity index (χ1) is 18.2. The van der Waals surface area contributed by atoms with Crippen molar-refractivity contribution in [1.82, 2.24) is 0 Å². The summed E-state index contributed by atoms with van der Waals surface area (Å²) in [4.78, 5) is 41.0. The van der Waals surface area contributed by atoms with E-state index >= 15 is 0 Å². The Hall–Kier alpha value is -3.14. The number of hydrogen-bond donors (Lipinski definition) is 0. The maximum absolute atomic E-state index is 13.3. The fraction of sp³-hybridized carbons (Fsp3) is 0.667. The normalized spacial score (nSPS) is 44.7. The van der Waals surface area contributed by atoms with Gasteiger partial charge in [-0.15, -0.1) is 0 Å². The van der Waals surface area contributed by atoms with Crippen LogP contribution < -0.4 is 0 Å². The first kappa shape index (κ1) is 26.5. The van der Waals surface area contributed by atoms with Gasteiger partial charge in [-0.05, 0) is 37.6 Å². The maximum Gasteiger partial charge on any atom is 0.331 e. The van der Waals surface area contributed by atoms with Crippen LogP contribution in [0.25, 0.3) is 10.4 Å². The molecule has 2 spiro atoms. The van der Waals surface area contributed by atoms with Gasteiger partial charge in [-0.3, -0.25) is 4.79 Å². The number of allylic oxidation sites excluding steroid dienone is 3. The minimum atomic E-state index is -1.10. The molecule has 0 aromatic rings. The van der Waals surface area contributed by atoms with E-state index in [1.54, 1.807) is 6.92 Å². The van der Waals surface area contributed by atoms with Gasteiger partial charge in [-0.2, -0.15) is 0 Å². The minimum Gasteiger partial charge on any atom is -0.465 e. The predicted octanol–water partition coefficient (Wildman–Crippen LogP) is 3.49. The largest absolute Gasteiger partial charge is 0.465 e. The lowest BCUT2D eigenvalue weighted by Gasteiger charge is -2.58. The number of carbonyl (C=O) groups excluding carboxylic acids is 3. The van der Waals surface area contributed by atoms with Gasteiger partial charge in [0.1, 0.15) is 24.4 Å². The maximum atomic E-state index is 13.3. The number of carbonyl (C=O) groups is 3. The van der Waals surface area contributed by atoms with Gasteiger partial charge in [0, 0.05) is 28.9 Å². The summed E-state index contributed by atoms with van der Waals surface area (Å²) in [6, 6.07) is -1.10. The number of nitrogens with zero attached hydrogens (tertiary/aromatic N) is 3. The topological polar surface area (TPSA) is 149 Å². The van der Waals surface area contributed by atoms with Crippen molar-refractivity contribution in [3.63, 3.8) is 0 Å². The van der Waals surface area contributed by atoms with Gasteiger partial charge in [0.2, 0.25) is 0 Å². The highest BCUT2D eigenvalue weighted by Gasteiger charge is 2.83. The predicted molar refractivity (Wildman–Crippen MR) is 132 cm³/mol.